The lowest BCUT2D eigenvalue weighted by molar-refractivity contribution is -0.142. The van der Waals surface area contributed by atoms with Crippen LogP contribution in [0.4, 0.5) is 29.1 Å². The first-order chi connectivity index (χ1) is 26.5. The number of amides is 4. The molecule has 8 rings (SSSR count). The molecule has 4 aliphatic rings. The van der Waals surface area contributed by atoms with Crippen molar-refractivity contribution in [3.05, 3.63) is 128 Å². The zero-order chi connectivity index (χ0) is 40.0. The number of hydrazine groups is 2. The van der Waals surface area contributed by atoms with E-state index in [1.807, 2.05) is 0 Å². The smallest absolute Gasteiger partial charge is 0.433 e. The fourth-order valence-electron chi connectivity index (χ4n) is 8.95. The lowest BCUT2D eigenvalue weighted by atomic mass is 9.49. The summed E-state index contributed by atoms with van der Waals surface area (Å²) in [6, 6.07) is 17.2. The van der Waals surface area contributed by atoms with Crippen LogP contribution in [-0.4, -0.2) is 50.8 Å². The predicted molar refractivity (Wildman–Crippen MR) is 197 cm³/mol. The molecule has 3 fully saturated rings. The summed E-state index contributed by atoms with van der Waals surface area (Å²) in [5, 5.41) is 14.2. The number of imide groups is 2. The number of alkyl halides is 3. The summed E-state index contributed by atoms with van der Waals surface area (Å²) in [6.07, 6.45) is -3.30. The van der Waals surface area contributed by atoms with Crippen molar-refractivity contribution in [2.45, 2.75) is 30.4 Å². The summed E-state index contributed by atoms with van der Waals surface area (Å²) in [6.45, 7) is 0. The Bertz CT molecular complexity index is 2360. The van der Waals surface area contributed by atoms with Gasteiger partial charge >= 0.3 is 6.18 Å². The van der Waals surface area contributed by atoms with Gasteiger partial charge in [-0.1, -0.05) is 58.6 Å². The highest BCUT2D eigenvalue weighted by Gasteiger charge is 2.71. The second kappa shape index (κ2) is 13.5. The van der Waals surface area contributed by atoms with E-state index in [9.17, 15) is 37.1 Å². The van der Waals surface area contributed by atoms with E-state index in [1.54, 1.807) is 30.3 Å². The third kappa shape index (κ3) is 5.71. The number of halogens is 7. The van der Waals surface area contributed by atoms with Crippen LogP contribution in [0.2, 0.25) is 15.1 Å². The molecule has 17 heteroatoms. The van der Waals surface area contributed by atoms with Gasteiger partial charge in [-0.3, -0.25) is 29.6 Å². The molecule has 2 saturated heterocycles. The van der Waals surface area contributed by atoms with Crippen LogP contribution in [-0.2, 0) is 30.8 Å². The zero-order valence-corrected chi connectivity index (χ0v) is 31.2. The molecule has 2 aliphatic carbocycles. The molecular formula is C39H28Cl3F4N5O5. The molecule has 3 aromatic carbocycles. The topological polar surface area (TPSA) is 123 Å². The summed E-state index contributed by atoms with van der Waals surface area (Å²) in [5.74, 6) is -9.67. The normalized spacial score (nSPS) is 25.9. The SMILES string of the molecule is CN(c1nc(C(F)(F)F)ccc1Cl)N1C(=O)C2CC=C3C(CC4C(=O)N(Nc5ccc(F)cc5)C(=O)C4(c4ccc(Cl)cc4)C3c3cc(Cl)ccc3O)C2C1=O. The van der Waals surface area contributed by atoms with E-state index in [0.717, 1.165) is 33.2 Å². The van der Waals surface area contributed by atoms with Gasteiger partial charge in [0.15, 0.2) is 5.82 Å². The van der Waals surface area contributed by atoms with Crippen LogP contribution >= 0.6 is 34.8 Å². The highest BCUT2D eigenvalue weighted by Crippen LogP contribution is 2.65. The Morgan fingerprint density at radius 1 is 0.875 bits per heavy atom. The van der Waals surface area contributed by atoms with E-state index < -0.39 is 82.1 Å². The largest absolute Gasteiger partial charge is 0.508 e. The monoisotopic (exact) mass is 827 g/mol. The number of carbonyl (C=O) groups excluding carboxylic acids is 4. The Morgan fingerprint density at radius 3 is 2.23 bits per heavy atom. The number of pyridine rings is 1. The van der Waals surface area contributed by atoms with Crippen LogP contribution in [0.1, 0.15) is 35.6 Å². The Kier molecular flexibility index (Phi) is 9.09. The number of benzene rings is 3. The van der Waals surface area contributed by atoms with E-state index >= 15 is 4.79 Å². The van der Waals surface area contributed by atoms with E-state index in [-0.39, 0.29) is 39.9 Å². The van der Waals surface area contributed by atoms with Crippen molar-refractivity contribution in [1.29, 1.82) is 0 Å². The van der Waals surface area contributed by atoms with Gasteiger partial charge in [0.2, 0.25) is 0 Å². The molecule has 288 valence electrons. The summed E-state index contributed by atoms with van der Waals surface area (Å²) in [7, 11) is 1.20. The van der Waals surface area contributed by atoms with Gasteiger partial charge in [0, 0.05) is 28.6 Å². The molecule has 2 N–H and O–H groups in total. The third-order valence-corrected chi connectivity index (χ3v) is 12.0. The Balaban J connectivity index is 1.29. The van der Waals surface area contributed by atoms with E-state index in [4.69, 9.17) is 34.8 Å². The Labute approximate surface area is 331 Å². The van der Waals surface area contributed by atoms with Crippen molar-refractivity contribution in [3.8, 4) is 5.75 Å². The van der Waals surface area contributed by atoms with E-state index in [2.05, 4.69) is 10.4 Å². The summed E-state index contributed by atoms with van der Waals surface area (Å²) >= 11 is 19.1. The lowest BCUT2D eigenvalue weighted by Crippen LogP contribution is -2.53. The number of fused-ring (bicyclic) bond motifs is 4. The molecule has 2 aliphatic heterocycles. The van der Waals surface area contributed by atoms with Gasteiger partial charge in [0.05, 0.1) is 33.9 Å². The maximum Gasteiger partial charge on any atom is 0.433 e. The van der Waals surface area contributed by atoms with Crippen molar-refractivity contribution in [3.63, 3.8) is 0 Å². The first-order valence-electron chi connectivity index (χ1n) is 17.2. The molecule has 10 nitrogen and oxygen atoms in total. The van der Waals surface area contributed by atoms with Gasteiger partial charge in [-0.15, -0.1) is 0 Å². The van der Waals surface area contributed by atoms with Gasteiger partial charge in [-0.2, -0.15) is 23.2 Å². The van der Waals surface area contributed by atoms with Crippen molar-refractivity contribution >= 4 is 69.9 Å². The molecule has 0 radical (unpaired) electrons. The average molecular weight is 829 g/mol. The quantitative estimate of drug-likeness (QED) is 0.114. The van der Waals surface area contributed by atoms with Gasteiger partial charge in [0.1, 0.15) is 17.3 Å². The van der Waals surface area contributed by atoms with Gasteiger partial charge in [0.25, 0.3) is 23.6 Å². The number of phenolic OH excluding ortho intramolecular Hbond substituents is 1. The lowest BCUT2D eigenvalue weighted by Gasteiger charge is -2.50. The molecule has 3 heterocycles. The van der Waals surface area contributed by atoms with Crippen LogP contribution in [0.25, 0.3) is 0 Å². The van der Waals surface area contributed by atoms with Gasteiger partial charge in [-0.25, -0.2) is 9.37 Å². The van der Waals surface area contributed by atoms with E-state index in [0.29, 0.717) is 22.2 Å². The Morgan fingerprint density at radius 2 is 1.55 bits per heavy atom. The fourth-order valence-corrected chi connectivity index (χ4v) is 9.48. The van der Waals surface area contributed by atoms with Gasteiger partial charge < -0.3 is 5.11 Å². The molecular weight excluding hydrogens is 801 g/mol. The minimum absolute atomic E-state index is 0.0337. The van der Waals surface area contributed by atoms with Crippen molar-refractivity contribution in [2.75, 3.05) is 17.5 Å². The molecule has 1 aromatic heterocycles. The standard InChI is InChI=1S/C39H28Cl3F4N5O5/c1-49(33-28(42)13-15-30(47-33)39(44,45)46)51-34(53)24-12-11-23-25(31(24)36(51)55)17-27-35(54)50(48-22-9-7-21(43)8-10-22)37(56)38(27,18-2-4-19(40)5-3-18)32(23)26-16-20(41)6-14-29(26)52/h2-11,13-16,24-25,27,31-32,48,52H,12,17H2,1H3. The number of carbonyl (C=O) groups is 4. The second-order valence-electron chi connectivity index (χ2n) is 14.1. The number of aromatic nitrogens is 1. The minimum atomic E-state index is -4.85. The second-order valence-corrected chi connectivity index (χ2v) is 15.4. The molecule has 4 aromatic rings. The summed E-state index contributed by atoms with van der Waals surface area (Å²) in [5.41, 5.74) is 0.972. The third-order valence-electron chi connectivity index (χ3n) is 11.3. The Hall–Kier alpha value is -5.18. The van der Waals surface area contributed by atoms with Crippen molar-refractivity contribution < 1.29 is 41.8 Å². The fraction of sp³-hybridized carbons (Fsp3) is 0.256. The number of phenols is 1. The van der Waals surface area contributed by atoms with Crippen LogP contribution in [0.5, 0.6) is 5.75 Å². The van der Waals surface area contributed by atoms with Gasteiger partial charge in [-0.05, 0) is 91.1 Å². The number of rotatable bonds is 6. The van der Waals surface area contributed by atoms with Crippen LogP contribution in [0, 0.1) is 29.5 Å². The molecule has 6 unspecified atom stereocenters. The summed E-state index contributed by atoms with van der Waals surface area (Å²) in [4.78, 5) is 62.3. The highest BCUT2D eigenvalue weighted by molar-refractivity contribution is 6.33. The number of anilines is 2. The highest BCUT2D eigenvalue weighted by atomic mass is 35.5. The zero-order valence-electron chi connectivity index (χ0n) is 28.9. The van der Waals surface area contributed by atoms with Crippen molar-refractivity contribution in [2.24, 2.45) is 23.7 Å². The number of nitrogens with one attached hydrogen (secondary N) is 1. The molecule has 0 bridgehead atoms. The van der Waals surface area contributed by atoms with Crippen LogP contribution in [0.3, 0.4) is 0 Å². The number of allylic oxidation sites excluding steroid dienone is 2. The minimum Gasteiger partial charge on any atom is -0.508 e. The first-order valence-corrected chi connectivity index (χ1v) is 18.4. The number of nitrogens with zero attached hydrogens (tertiary/aromatic N) is 4. The summed E-state index contributed by atoms with van der Waals surface area (Å²) < 4.78 is 54.9. The maximum absolute atomic E-state index is 15.2. The average Bonchev–Trinajstić information content (AvgIpc) is 3.54. The van der Waals surface area contributed by atoms with Crippen molar-refractivity contribution in [1.82, 2.24) is 15.0 Å². The molecule has 6 atom stereocenters. The number of hydrogen-bond acceptors (Lipinski definition) is 8. The first kappa shape index (κ1) is 37.7. The van der Waals surface area contributed by atoms with Crippen LogP contribution < -0.4 is 10.4 Å². The van der Waals surface area contributed by atoms with Crippen LogP contribution in [0.15, 0.2) is 90.5 Å². The predicted octanol–water partition coefficient (Wildman–Crippen LogP) is 7.94. The molecule has 0 spiro atoms. The maximum atomic E-state index is 15.2. The number of aromatic hydroxyl groups is 1. The molecule has 4 amide bonds. The molecule has 1 saturated carbocycles. The van der Waals surface area contributed by atoms with E-state index in [1.165, 1.54) is 37.4 Å². The molecule has 56 heavy (non-hydrogen) atoms. The number of hydrogen-bond donors (Lipinski definition) is 2.